The van der Waals surface area contributed by atoms with E-state index in [1.54, 1.807) is 0 Å². The maximum Gasteiger partial charge on any atom is 0.255 e. The Morgan fingerprint density at radius 2 is 1.65 bits per heavy atom. The second-order valence-electron chi connectivity index (χ2n) is 6.29. The van der Waals surface area contributed by atoms with Crippen LogP contribution in [0.1, 0.15) is 21.5 Å². The lowest BCUT2D eigenvalue weighted by Crippen LogP contribution is -2.13. The average Bonchev–Trinajstić information content (AvgIpc) is 3.05. The van der Waals surface area contributed by atoms with Crippen molar-refractivity contribution in [2.24, 2.45) is 0 Å². The molecule has 1 amide bonds. The molecule has 0 unspecified atom stereocenters. The summed E-state index contributed by atoms with van der Waals surface area (Å²) in [5, 5.41) is 2.93. The van der Waals surface area contributed by atoms with Gasteiger partial charge in [-0.05, 0) is 55.3 Å². The van der Waals surface area contributed by atoms with E-state index in [0.29, 0.717) is 28.2 Å². The number of amides is 1. The standard InChI is InChI=1S/C22H18N2O2/c1-14-7-3-5-9-17(14)21(25)23-16-11-12-20-19(13-16)24-22(26-20)18-10-6-4-8-15(18)2/h3-13H,1-2H3,(H,23,25). The second kappa shape index (κ2) is 6.48. The van der Waals surface area contributed by atoms with Crippen molar-refractivity contribution in [1.29, 1.82) is 0 Å². The maximum absolute atomic E-state index is 12.5. The van der Waals surface area contributed by atoms with Crippen LogP contribution < -0.4 is 5.32 Å². The van der Waals surface area contributed by atoms with E-state index in [2.05, 4.69) is 10.3 Å². The summed E-state index contributed by atoms with van der Waals surface area (Å²) in [5.74, 6) is 0.450. The van der Waals surface area contributed by atoms with Gasteiger partial charge in [-0.2, -0.15) is 0 Å². The van der Waals surface area contributed by atoms with Crippen LogP contribution in [0.5, 0.6) is 0 Å². The van der Waals surface area contributed by atoms with Crippen LogP contribution in [0.25, 0.3) is 22.6 Å². The van der Waals surface area contributed by atoms with Crippen molar-refractivity contribution < 1.29 is 9.21 Å². The minimum absolute atomic E-state index is 0.134. The van der Waals surface area contributed by atoms with Crippen molar-refractivity contribution in [3.8, 4) is 11.5 Å². The number of carbonyl (C=O) groups is 1. The number of nitrogens with zero attached hydrogens (tertiary/aromatic N) is 1. The van der Waals surface area contributed by atoms with E-state index in [4.69, 9.17) is 4.42 Å². The minimum Gasteiger partial charge on any atom is -0.436 e. The molecular formula is C22H18N2O2. The molecule has 26 heavy (non-hydrogen) atoms. The Hall–Kier alpha value is -3.40. The Kier molecular flexibility index (Phi) is 4.01. The van der Waals surface area contributed by atoms with Crippen LogP contribution in [-0.2, 0) is 0 Å². The van der Waals surface area contributed by atoms with Crippen molar-refractivity contribution in [2.75, 3.05) is 5.32 Å². The molecule has 0 spiro atoms. The summed E-state index contributed by atoms with van der Waals surface area (Å²) in [6, 6.07) is 21.0. The number of fused-ring (bicyclic) bond motifs is 1. The molecule has 4 nitrogen and oxygen atoms in total. The van der Waals surface area contributed by atoms with Gasteiger partial charge in [0.15, 0.2) is 5.58 Å². The SMILES string of the molecule is Cc1ccccc1C(=O)Nc1ccc2oc(-c3ccccc3C)nc2c1. The largest absolute Gasteiger partial charge is 0.436 e. The molecule has 4 rings (SSSR count). The zero-order valence-corrected chi connectivity index (χ0v) is 14.6. The lowest BCUT2D eigenvalue weighted by molar-refractivity contribution is 0.102. The number of oxazole rings is 1. The van der Waals surface area contributed by atoms with Crippen LogP contribution >= 0.6 is 0 Å². The molecule has 4 aromatic rings. The van der Waals surface area contributed by atoms with Crippen LogP contribution in [0.15, 0.2) is 71.1 Å². The highest BCUT2D eigenvalue weighted by atomic mass is 16.3. The van der Waals surface area contributed by atoms with Gasteiger partial charge in [0.05, 0.1) is 0 Å². The molecule has 1 heterocycles. The third-order valence-corrected chi connectivity index (χ3v) is 4.41. The lowest BCUT2D eigenvalue weighted by Gasteiger charge is -2.07. The van der Waals surface area contributed by atoms with Gasteiger partial charge in [-0.1, -0.05) is 36.4 Å². The van der Waals surface area contributed by atoms with Crippen molar-refractivity contribution in [3.05, 3.63) is 83.4 Å². The fourth-order valence-corrected chi connectivity index (χ4v) is 2.96. The van der Waals surface area contributed by atoms with Gasteiger partial charge in [-0.3, -0.25) is 4.79 Å². The smallest absolute Gasteiger partial charge is 0.255 e. The molecule has 128 valence electrons. The van der Waals surface area contributed by atoms with Crippen LogP contribution in [0.3, 0.4) is 0 Å². The summed E-state index contributed by atoms with van der Waals surface area (Å²) >= 11 is 0. The van der Waals surface area contributed by atoms with E-state index in [1.165, 1.54) is 0 Å². The molecule has 0 radical (unpaired) electrons. The van der Waals surface area contributed by atoms with Crippen LogP contribution in [0, 0.1) is 13.8 Å². The Labute approximate surface area is 151 Å². The zero-order chi connectivity index (χ0) is 18.1. The first-order valence-corrected chi connectivity index (χ1v) is 8.45. The highest BCUT2D eigenvalue weighted by molar-refractivity contribution is 6.05. The topological polar surface area (TPSA) is 55.1 Å². The molecular weight excluding hydrogens is 324 g/mol. The molecule has 0 saturated carbocycles. The van der Waals surface area contributed by atoms with Crippen molar-refractivity contribution >= 4 is 22.7 Å². The third-order valence-electron chi connectivity index (χ3n) is 4.41. The fourth-order valence-electron chi connectivity index (χ4n) is 2.96. The van der Waals surface area contributed by atoms with Gasteiger partial charge in [0.2, 0.25) is 5.89 Å². The van der Waals surface area contributed by atoms with Gasteiger partial charge in [0, 0.05) is 16.8 Å². The molecule has 1 N–H and O–H groups in total. The normalized spacial score (nSPS) is 10.8. The average molecular weight is 342 g/mol. The van der Waals surface area contributed by atoms with Gasteiger partial charge in [-0.25, -0.2) is 4.98 Å². The van der Waals surface area contributed by atoms with Crippen molar-refractivity contribution in [3.63, 3.8) is 0 Å². The van der Waals surface area contributed by atoms with E-state index in [-0.39, 0.29) is 5.91 Å². The Bertz CT molecular complexity index is 1110. The van der Waals surface area contributed by atoms with E-state index in [1.807, 2.05) is 80.6 Å². The maximum atomic E-state index is 12.5. The monoisotopic (exact) mass is 342 g/mol. The zero-order valence-electron chi connectivity index (χ0n) is 14.6. The number of aryl methyl sites for hydroxylation is 2. The first-order chi connectivity index (χ1) is 12.6. The molecule has 0 aliphatic heterocycles. The number of aromatic nitrogens is 1. The number of carbonyl (C=O) groups excluding carboxylic acids is 1. The van der Waals surface area contributed by atoms with E-state index in [9.17, 15) is 4.79 Å². The summed E-state index contributed by atoms with van der Waals surface area (Å²) in [4.78, 5) is 17.1. The van der Waals surface area contributed by atoms with Crippen LogP contribution in [0.4, 0.5) is 5.69 Å². The minimum atomic E-state index is -0.134. The van der Waals surface area contributed by atoms with Crippen LogP contribution in [0.2, 0.25) is 0 Å². The number of anilines is 1. The van der Waals surface area contributed by atoms with Crippen LogP contribution in [-0.4, -0.2) is 10.9 Å². The third kappa shape index (κ3) is 2.97. The van der Waals surface area contributed by atoms with Crippen molar-refractivity contribution in [2.45, 2.75) is 13.8 Å². The number of rotatable bonds is 3. The first kappa shape index (κ1) is 16.1. The molecule has 0 aliphatic rings. The molecule has 0 atom stereocenters. The molecule has 0 saturated heterocycles. The number of hydrogen-bond donors (Lipinski definition) is 1. The predicted molar refractivity (Wildman–Crippen MR) is 103 cm³/mol. The molecule has 1 aromatic heterocycles. The molecule has 0 bridgehead atoms. The van der Waals surface area contributed by atoms with Gasteiger partial charge in [0.25, 0.3) is 5.91 Å². The predicted octanol–water partition coefficient (Wildman–Crippen LogP) is 5.36. The van der Waals surface area contributed by atoms with Gasteiger partial charge in [0.1, 0.15) is 5.52 Å². The Balaban J connectivity index is 1.65. The summed E-state index contributed by atoms with van der Waals surface area (Å²) in [6.07, 6.45) is 0. The van der Waals surface area contributed by atoms with E-state index < -0.39 is 0 Å². The van der Waals surface area contributed by atoms with E-state index in [0.717, 1.165) is 16.7 Å². The summed E-state index contributed by atoms with van der Waals surface area (Å²) in [6.45, 7) is 3.95. The quantitative estimate of drug-likeness (QED) is 0.545. The molecule has 0 aliphatic carbocycles. The van der Waals surface area contributed by atoms with E-state index >= 15 is 0 Å². The summed E-state index contributed by atoms with van der Waals surface area (Å²) in [7, 11) is 0. The van der Waals surface area contributed by atoms with Gasteiger partial charge >= 0.3 is 0 Å². The molecule has 0 fully saturated rings. The fraction of sp³-hybridized carbons (Fsp3) is 0.0909. The Morgan fingerprint density at radius 3 is 2.42 bits per heavy atom. The molecule has 3 aromatic carbocycles. The van der Waals surface area contributed by atoms with Gasteiger partial charge in [-0.15, -0.1) is 0 Å². The highest BCUT2D eigenvalue weighted by Crippen LogP contribution is 2.28. The van der Waals surface area contributed by atoms with Crippen molar-refractivity contribution in [1.82, 2.24) is 4.98 Å². The number of nitrogens with one attached hydrogen (secondary N) is 1. The summed E-state index contributed by atoms with van der Waals surface area (Å²) in [5.41, 5.74) is 5.77. The summed E-state index contributed by atoms with van der Waals surface area (Å²) < 4.78 is 5.87. The first-order valence-electron chi connectivity index (χ1n) is 8.45. The molecule has 4 heteroatoms. The van der Waals surface area contributed by atoms with Gasteiger partial charge < -0.3 is 9.73 Å². The Morgan fingerprint density at radius 1 is 0.923 bits per heavy atom. The number of hydrogen-bond acceptors (Lipinski definition) is 3. The number of benzene rings is 3. The highest BCUT2D eigenvalue weighted by Gasteiger charge is 2.12. The lowest BCUT2D eigenvalue weighted by atomic mass is 10.1. The second-order valence-corrected chi connectivity index (χ2v) is 6.29.